The second kappa shape index (κ2) is 17.1. The molecule has 0 saturated carbocycles. The van der Waals surface area contributed by atoms with Gasteiger partial charge in [-0.15, -0.1) is 17.0 Å². The molecule has 0 aromatic rings. The second-order valence-electron chi connectivity index (χ2n) is 1.60. The summed E-state index contributed by atoms with van der Waals surface area (Å²) in [4.78, 5) is 0. The van der Waals surface area contributed by atoms with Crippen LogP contribution in [0.3, 0.4) is 0 Å². The van der Waals surface area contributed by atoms with Crippen LogP contribution in [0.4, 0.5) is 0 Å². The normalized spacial score (nSPS) is 8.18. The van der Waals surface area contributed by atoms with Crippen molar-refractivity contribution in [2.45, 2.75) is 0 Å². The van der Waals surface area contributed by atoms with Crippen LogP contribution in [0.5, 0.6) is 0 Å². The summed E-state index contributed by atoms with van der Waals surface area (Å²) in [5, 5.41) is 0. The maximum Gasteiger partial charge on any atom is 0.0701 e. The molecule has 0 amide bonds. The van der Waals surface area contributed by atoms with Crippen molar-refractivity contribution in [2.75, 3.05) is 40.6 Å². The second-order valence-corrected chi connectivity index (χ2v) is 1.60. The molecular formula is C6H15BrNiO3. The van der Waals surface area contributed by atoms with Crippen LogP contribution < -0.4 is 0 Å². The van der Waals surface area contributed by atoms with Crippen molar-refractivity contribution in [3.8, 4) is 0 Å². The molecule has 0 spiro atoms. The van der Waals surface area contributed by atoms with Crippen molar-refractivity contribution in [1.29, 1.82) is 0 Å². The van der Waals surface area contributed by atoms with Gasteiger partial charge in [-0.1, -0.05) is 0 Å². The van der Waals surface area contributed by atoms with E-state index in [4.69, 9.17) is 14.2 Å². The van der Waals surface area contributed by atoms with Crippen LogP contribution in [0.2, 0.25) is 0 Å². The van der Waals surface area contributed by atoms with E-state index in [0.717, 1.165) is 0 Å². The molecular weight excluding hydrogens is 259 g/mol. The first kappa shape index (κ1) is 17.8. The van der Waals surface area contributed by atoms with Gasteiger partial charge in [-0.05, 0) is 0 Å². The molecule has 0 bridgehead atoms. The van der Waals surface area contributed by atoms with Gasteiger partial charge in [0, 0.05) is 30.7 Å². The SMILES string of the molecule is Br.COCCOCCOC.[Ni]. The summed E-state index contributed by atoms with van der Waals surface area (Å²) in [6, 6.07) is 0. The number of rotatable bonds is 6. The zero-order chi connectivity index (χ0) is 6.95. The Bertz CT molecular complexity index is 51.1. The zero-order valence-electron chi connectivity index (χ0n) is 6.78. The predicted molar refractivity (Wildman–Crippen MR) is 44.9 cm³/mol. The Morgan fingerprint density at radius 3 is 1.45 bits per heavy atom. The standard InChI is InChI=1S/C6H14O3.BrH.Ni/c1-7-3-5-9-6-4-8-2;;/h3-6H2,1-2H3;1H;. The Kier molecular flexibility index (Phi) is 27.7. The van der Waals surface area contributed by atoms with E-state index in [-0.39, 0.29) is 33.5 Å². The smallest absolute Gasteiger partial charge is 0.0701 e. The Hall–Kier alpha value is 0.854. The van der Waals surface area contributed by atoms with E-state index in [1.54, 1.807) is 14.2 Å². The van der Waals surface area contributed by atoms with E-state index in [1.807, 2.05) is 0 Å². The molecule has 0 radical (unpaired) electrons. The van der Waals surface area contributed by atoms with Gasteiger partial charge < -0.3 is 14.2 Å². The minimum Gasteiger partial charge on any atom is -0.382 e. The summed E-state index contributed by atoms with van der Waals surface area (Å²) in [5.41, 5.74) is 0. The summed E-state index contributed by atoms with van der Waals surface area (Å²) in [6.45, 7) is 2.62. The van der Waals surface area contributed by atoms with Crippen LogP contribution in [0, 0.1) is 0 Å². The maximum absolute atomic E-state index is 5.06. The molecule has 0 aliphatic rings. The third-order valence-electron chi connectivity index (χ3n) is 0.864. The van der Waals surface area contributed by atoms with Crippen molar-refractivity contribution in [3.63, 3.8) is 0 Å². The van der Waals surface area contributed by atoms with E-state index >= 15 is 0 Å². The van der Waals surface area contributed by atoms with Crippen LogP contribution >= 0.6 is 17.0 Å². The number of hydrogen-bond acceptors (Lipinski definition) is 3. The van der Waals surface area contributed by atoms with Crippen LogP contribution in [-0.4, -0.2) is 40.6 Å². The third-order valence-corrected chi connectivity index (χ3v) is 0.864. The number of ether oxygens (including phenoxy) is 3. The van der Waals surface area contributed by atoms with E-state index in [0.29, 0.717) is 26.4 Å². The molecule has 0 aromatic carbocycles. The number of hydrogen-bond donors (Lipinski definition) is 0. The summed E-state index contributed by atoms with van der Waals surface area (Å²) in [7, 11) is 3.30. The molecule has 0 saturated heterocycles. The first-order chi connectivity index (χ1) is 4.41. The molecule has 0 unspecified atom stereocenters. The van der Waals surface area contributed by atoms with Gasteiger partial charge in [0.15, 0.2) is 0 Å². The van der Waals surface area contributed by atoms with E-state index < -0.39 is 0 Å². The fraction of sp³-hybridized carbons (Fsp3) is 1.00. The van der Waals surface area contributed by atoms with Gasteiger partial charge >= 0.3 is 0 Å². The molecule has 0 atom stereocenters. The maximum atomic E-state index is 5.06. The summed E-state index contributed by atoms with van der Waals surface area (Å²) in [5.74, 6) is 0. The van der Waals surface area contributed by atoms with E-state index in [1.165, 1.54) is 0 Å². The van der Waals surface area contributed by atoms with E-state index in [9.17, 15) is 0 Å². The number of halogens is 1. The number of methoxy groups -OCH3 is 2. The first-order valence-corrected chi connectivity index (χ1v) is 2.97. The summed E-state index contributed by atoms with van der Waals surface area (Å²) < 4.78 is 14.6. The van der Waals surface area contributed by atoms with Crippen LogP contribution in [0.1, 0.15) is 0 Å². The Morgan fingerprint density at radius 1 is 0.818 bits per heavy atom. The average molecular weight is 274 g/mol. The fourth-order valence-electron chi connectivity index (χ4n) is 0.387. The molecule has 0 rings (SSSR count). The van der Waals surface area contributed by atoms with Crippen molar-refractivity contribution in [1.82, 2.24) is 0 Å². The zero-order valence-corrected chi connectivity index (χ0v) is 9.48. The van der Waals surface area contributed by atoms with Crippen molar-refractivity contribution in [3.05, 3.63) is 0 Å². The van der Waals surface area contributed by atoms with Gasteiger partial charge in [-0.2, -0.15) is 0 Å². The Morgan fingerprint density at radius 2 is 1.18 bits per heavy atom. The van der Waals surface area contributed by atoms with Crippen molar-refractivity contribution >= 4 is 17.0 Å². The Labute approximate surface area is 88.5 Å². The molecule has 11 heavy (non-hydrogen) atoms. The topological polar surface area (TPSA) is 27.7 Å². The first-order valence-electron chi connectivity index (χ1n) is 2.97. The monoisotopic (exact) mass is 272 g/mol. The summed E-state index contributed by atoms with van der Waals surface area (Å²) in [6.07, 6.45) is 0. The molecule has 3 nitrogen and oxygen atoms in total. The molecule has 0 aliphatic carbocycles. The predicted octanol–water partition coefficient (Wildman–Crippen LogP) is 0.871. The molecule has 0 heterocycles. The molecule has 0 fully saturated rings. The quantitative estimate of drug-likeness (QED) is 0.531. The average Bonchev–Trinajstić information content (AvgIpc) is 1.89. The minimum absolute atomic E-state index is 0. The molecule has 74 valence electrons. The van der Waals surface area contributed by atoms with Crippen molar-refractivity contribution < 1.29 is 30.7 Å². The molecule has 0 aromatic heterocycles. The van der Waals surface area contributed by atoms with Gasteiger partial charge in [0.25, 0.3) is 0 Å². The van der Waals surface area contributed by atoms with Crippen LogP contribution in [0.15, 0.2) is 0 Å². The van der Waals surface area contributed by atoms with Crippen LogP contribution in [-0.2, 0) is 30.7 Å². The Balaban J connectivity index is -0.000000320. The van der Waals surface area contributed by atoms with Gasteiger partial charge in [0.1, 0.15) is 0 Å². The van der Waals surface area contributed by atoms with Gasteiger partial charge in [-0.25, -0.2) is 0 Å². The molecule has 5 heteroatoms. The third kappa shape index (κ3) is 18.1. The van der Waals surface area contributed by atoms with Crippen molar-refractivity contribution in [2.24, 2.45) is 0 Å². The molecule has 0 aliphatic heterocycles. The summed E-state index contributed by atoms with van der Waals surface area (Å²) >= 11 is 0. The fourth-order valence-corrected chi connectivity index (χ4v) is 0.387. The largest absolute Gasteiger partial charge is 0.382 e. The molecule has 0 N–H and O–H groups in total. The van der Waals surface area contributed by atoms with Gasteiger partial charge in [0.2, 0.25) is 0 Å². The van der Waals surface area contributed by atoms with Crippen LogP contribution in [0.25, 0.3) is 0 Å². The van der Waals surface area contributed by atoms with E-state index in [2.05, 4.69) is 0 Å². The van der Waals surface area contributed by atoms with Gasteiger partial charge in [0.05, 0.1) is 26.4 Å². The van der Waals surface area contributed by atoms with Gasteiger partial charge in [-0.3, -0.25) is 0 Å². The minimum atomic E-state index is 0.